The number of aromatic nitrogens is 1. The van der Waals surface area contributed by atoms with Crippen molar-refractivity contribution in [3.05, 3.63) is 16.6 Å². The Morgan fingerprint density at radius 2 is 2.29 bits per heavy atom. The van der Waals surface area contributed by atoms with Gasteiger partial charge in [0.2, 0.25) is 0 Å². The van der Waals surface area contributed by atoms with Gasteiger partial charge in [0.1, 0.15) is 0 Å². The normalized spacial score (nSPS) is 13.5. The predicted molar refractivity (Wildman–Crippen MR) is 72.4 cm³/mol. The first-order chi connectivity index (χ1) is 8.13. The maximum Gasteiger partial charge on any atom is 0.0795 e. The number of nitrogens with zero attached hydrogens (tertiary/aromatic N) is 2. The maximum absolute atomic E-state index is 5.28. The summed E-state index contributed by atoms with van der Waals surface area (Å²) in [7, 11) is 3.87. The standard InChI is InChI=1S/C12H23N3OS/c1-10(2)13-5-12(7-16-4)15(3)6-11-8-17-9-14-11/h8-10,12-13H,5-7H2,1-4H3. The molecule has 1 atom stereocenters. The number of ether oxygens (including phenoxy) is 1. The zero-order chi connectivity index (χ0) is 12.7. The predicted octanol–water partition coefficient (Wildman–Crippen LogP) is 1.59. The van der Waals surface area contributed by atoms with Gasteiger partial charge >= 0.3 is 0 Å². The van der Waals surface area contributed by atoms with Gasteiger partial charge in [0.05, 0.1) is 17.8 Å². The largest absolute Gasteiger partial charge is 0.383 e. The first-order valence-electron chi connectivity index (χ1n) is 5.93. The van der Waals surface area contributed by atoms with Gasteiger partial charge in [0.15, 0.2) is 0 Å². The molecule has 0 aliphatic heterocycles. The Morgan fingerprint density at radius 1 is 1.53 bits per heavy atom. The zero-order valence-corrected chi connectivity index (χ0v) is 12.0. The van der Waals surface area contributed by atoms with Crippen LogP contribution in [0.25, 0.3) is 0 Å². The highest BCUT2D eigenvalue weighted by atomic mass is 32.1. The van der Waals surface area contributed by atoms with Gasteiger partial charge in [-0.3, -0.25) is 4.90 Å². The highest BCUT2D eigenvalue weighted by Crippen LogP contribution is 2.07. The van der Waals surface area contributed by atoms with E-state index in [0.29, 0.717) is 12.1 Å². The molecule has 1 N–H and O–H groups in total. The van der Waals surface area contributed by atoms with Gasteiger partial charge in [-0.1, -0.05) is 13.8 Å². The Hall–Kier alpha value is -0.490. The van der Waals surface area contributed by atoms with E-state index in [4.69, 9.17) is 4.74 Å². The van der Waals surface area contributed by atoms with Crippen molar-refractivity contribution >= 4 is 11.3 Å². The lowest BCUT2D eigenvalue weighted by molar-refractivity contribution is 0.0995. The van der Waals surface area contributed by atoms with Crippen LogP contribution in [0.4, 0.5) is 0 Å². The number of rotatable bonds is 8. The molecular weight excluding hydrogens is 234 g/mol. The molecule has 1 aromatic heterocycles. The number of nitrogens with one attached hydrogen (secondary N) is 1. The number of methoxy groups -OCH3 is 1. The molecule has 17 heavy (non-hydrogen) atoms. The van der Waals surface area contributed by atoms with Crippen LogP contribution in [0.5, 0.6) is 0 Å². The SMILES string of the molecule is COCC(CNC(C)C)N(C)Cc1cscn1. The van der Waals surface area contributed by atoms with Crippen molar-refractivity contribution in [3.8, 4) is 0 Å². The van der Waals surface area contributed by atoms with Crippen LogP contribution in [-0.2, 0) is 11.3 Å². The summed E-state index contributed by atoms with van der Waals surface area (Å²) in [6, 6.07) is 0.881. The molecule has 1 aromatic rings. The van der Waals surface area contributed by atoms with Crippen molar-refractivity contribution in [2.75, 3.05) is 27.3 Å². The average Bonchev–Trinajstić information content (AvgIpc) is 2.76. The monoisotopic (exact) mass is 257 g/mol. The van der Waals surface area contributed by atoms with E-state index in [1.54, 1.807) is 18.4 Å². The summed E-state index contributed by atoms with van der Waals surface area (Å²) in [6.07, 6.45) is 0. The summed E-state index contributed by atoms with van der Waals surface area (Å²) in [6.45, 7) is 6.86. The van der Waals surface area contributed by atoms with Crippen LogP contribution >= 0.6 is 11.3 Å². The highest BCUT2D eigenvalue weighted by Gasteiger charge is 2.15. The van der Waals surface area contributed by atoms with Crippen LogP contribution in [0.1, 0.15) is 19.5 Å². The zero-order valence-electron chi connectivity index (χ0n) is 11.1. The quantitative estimate of drug-likeness (QED) is 0.767. The Balaban J connectivity index is 2.44. The van der Waals surface area contributed by atoms with Crippen molar-refractivity contribution in [2.24, 2.45) is 0 Å². The third-order valence-corrected chi connectivity index (χ3v) is 3.27. The third kappa shape index (κ3) is 5.59. The van der Waals surface area contributed by atoms with E-state index in [1.807, 2.05) is 5.51 Å². The molecule has 0 amide bonds. The molecule has 0 fully saturated rings. The lowest BCUT2D eigenvalue weighted by Crippen LogP contribution is -2.44. The van der Waals surface area contributed by atoms with Crippen LogP contribution in [0.2, 0.25) is 0 Å². The van der Waals surface area contributed by atoms with Gasteiger partial charge in [-0.15, -0.1) is 11.3 Å². The van der Waals surface area contributed by atoms with Gasteiger partial charge in [-0.25, -0.2) is 4.98 Å². The number of likely N-dealkylation sites (N-methyl/N-ethyl adjacent to an activating group) is 1. The molecule has 0 bridgehead atoms. The molecule has 1 rings (SSSR count). The van der Waals surface area contributed by atoms with E-state index in [-0.39, 0.29) is 0 Å². The topological polar surface area (TPSA) is 37.4 Å². The smallest absolute Gasteiger partial charge is 0.0795 e. The van der Waals surface area contributed by atoms with Crippen molar-refractivity contribution in [3.63, 3.8) is 0 Å². The summed E-state index contributed by atoms with van der Waals surface area (Å²) in [5.41, 5.74) is 3.00. The van der Waals surface area contributed by atoms with Crippen LogP contribution < -0.4 is 5.32 Å². The minimum atomic E-state index is 0.379. The fourth-order valence-corrected chi connectivity index (χ4v) is 2.16. The number of hydrogen-bond donors (Lipinski definition) is 1. The Kier molecular flexibility index (Phi) is 6.65. The second kappa shape index (κ2) is 7.76. The highest BCUT2D eigenvalue weighted by molar-refractivity contribution is 7.07. The summed E-state index contributed by atoms with van der Waals surface area (Å²) in [5, 5.41) is 5.54. The van der Waals surface area contributed by atoms with Crippen molar-refractivity contribution in [1.29, 1.82) is 0 Å². The lowest BCUT2D eigenvalue weighted by Gasteiger charge is -2.28. The Bertz CT molecular complexity index is 290. The van der Waals surface area contributed by atoms with Crippen LogP contribution in [0, 0.1) is 0 Å². The molecule has 1 heterocycles. The number of thiazole rings is 1. The van der Waals surface area contributed by atoms with E-state index < -0.39 is 0 Å². The van der Waals surface area contributed by atoms with Gasteiger partial charge in [-0.2, -0.15) is 0 Å². The van der Waals surface area contributed by atoms with Crippen molar-refractivity contribution in [2.45, 2.75) is 32.5 Å². The minimum absolute atomic E-state index is 0.379. The van der Waals surface area contributed by atoms with E-state index >= 15 is 0 Å². The van der Waals surface area contributed by atoms with E-state index in [0.717, 1.165) is 25.4 Å². The molecule has 0 aliphatic carbocycles. The molecular formula is C12H23N3OS. The van der Waals surface area contributed by atoms with E-state index in [9.17, 15) is 0 Å². The van der Waals surface area contributed by atoms with Gasteiger partial charge in [0, 0.05) is 37.7 Å². The second-order valence-electron chi connectivity index (χ2n) is 4.57. The summed E-state index contributed by atoms with van der Waals surface area (Å²) in [4.78, 5) is 6.60. The molecule has 5 heteroatoms. The average molecular weight is 257 g/mol. The van der Waals surface area contributed by atoms with Crippen LogP contribution in [-0.4, -0.2) is 49.3 Å². The lowest BCUT2D eigenvalue weighted by atomic mass is 10.2. The van der Waals surface area contributed by atoms with Crippen LogP contribution in [0.3, 0.4) is 0 Å². The van der Waals surface area contributed by atoms with E-state index in [1.165, 1.54) is 0 Å². The molecule has 0 radical (unpaired) electrons. The van der Waals surface area contributed by atoms with Gasteiger partial charge < -0.3 is 10.1 Å². The Labute approximate surface area is 108 Å². The minimum Gasteiger partial charge on any atom is -0.383 e. The fraction of sp³-hybridized carbons (Fsp3) is 0.750. The van der Waals surface area contributed by atoms with Crippen molar-refractivity contribution in [1.82, 2.24) is 15.2 Å². The molecule has 1 unspecified atom stereocenters. The summed E-state index contributed by atoms with van der Waals surface area (Å²) < 4.78 is 5.28. The van der Waals surface area contributed by atoms with Gasteiger partial charge in [-0.05, 0) is 7.05 Å². The Morgan fingerprint density at radius 3 is 2.82 bits per heavy atom. The summed E-state index contributed by atoms with van der Waals surface area (Å²) in [5.74, 6) is 0. The van der Waals surface area contributed by atoms with Crippen LogP contribution in [0.15, 0.2) is 10.9 Å². The molecule has 0 aliphatic rings. The van der Waals surface area contributed by atoms with Gasteiger partial charge in [0.25, 0.3) is 0 Å². The molecule has 0 saturated carbocycles. The second-order valence-corrected chi connectivity index (χ2v) is 5.29. The molecule has 0 saturated heterocycles. The first kappa shape index (κ1) is 14.6. The summed E-state index contributed by atoms with van der Waals surface area (Å²) >= 11 is 1.64. The molecule has 4 nitrogen and oxygen atoms in total. The fourth-order valence-electron chi connectivity index (χ4n) is 1.61. The third-order valence-electron chi connectivity index (χ3n) is 2.64. The molecule has 0 aromatic carbocycles. The first-order valence-corrected chi connectivity index (χ1v) is 6.87. The number of hydrogen-bond acceptors (Lipinski definition) is 5. The maximum atomic E-state index is 5.28. The van der Waals surface area contributed by atoms with E-state index in [2.05, 4.69) is 41.5 Å². The molecule has 98 valence electrons. The molecule has 0 spiro atoms. The van der Waals surface area contributed by atoms with Crippen molar-refractivity contribution < 1.29 is 4.74 Å².